The molecular weight excluding hydrogens is 416 g/mol. The number of carbonyl (C=O) groups excluding carboxylic acids is 2. The largest absolute Gasteiger partial charge is 0.460 e. The molecule has 33 heavy (non-hydrogen) atoms. The first-order valence-electron chi connectivity index (χ1n) is 11.2. The SMILES string of the molecule is CC(=O)OCC1=N/C(=C(/c2ccccc2)c2[nH]c(C(=O)OC(C)(C)C)c(C)c2C)CC1(C)C. The van der Waals surface area contributed by atoms with Crippen molar-refractivity contribution in [2.75, 3.05) is 6.61 Å². The van der Waals surface area contributed by atoms with Gasteiger partial charge in [0.05, 0.1) is 17.1 Å². The zero-order chi connectivity index (χ0) is 24.6. The lowest BCUT2D eigenvalue weighted by molar-refractivity contribution is -0.139. The maximum absolute atomic E-state index is 12.9. The van der Waals surface area contributed by atoms with E-state index < -0.39 is 5.60 Å². The summed E-state index contributed by atoms with van der Waals surface area (Å²) in [5, 5.41) is 0. The fourth-order valence-corrected chi connectivity index (χ4v) is 3.95. The van der Waals surface area contributed by atoms with Gasteiger partial charge in [-0.2, -0.15) is 0 Å². The second kappa shape index (κ2) is 9.00. The first kappa shape index (κ1) is 24.5. The Morgan fingerprint density at radius 2 is 1.67 bits per heavy atom. The number of nitrogens with zero attached hydrogens (tertiary/aromatic N) is 1. The van der Waals surface area contributed by atoms with E-state index in [1.807, 2.05) is 65.0 Å². The summed E-state index contributed by atoms with van der Waals surface area (Å²) in [5.41, 5.74) is 5.96. The van der Waals surface area contributed by atoms with Crippen molar-refractivity contribution in [2.45, 2.75) is 67.4 Å². The number of H-pyrrole nitrogens is 1. The van der Waals surface area contributed by atoms with Crippen molar-refractivity contribution < 1.29 is 19.1 Å². The van der Waals surface area contributed by atoms with Crippen molar-refractivity contribution in [3.63, 3.8) is 0 Å². The molecule has 0 fully saturated rings. The second-order valence-electron chi connectivity index (χ2n) is 10.2. The van der Waals surface area contributed by atoms with Gasteiger partial charge in [0.25, 0.3) is 0 Å². The third-order valence-corrected chi connectivity index (χ3v) is 5.84. The van der Waals surface area contributed by atoms with Gasteiger partial charge in [0.2, 0.25) is 0 Å². The molecule has 0 bridgehead atoms. The number of hydrogen-bond acceptors (Lipinski definition) is 5. The van der Waals surface area contributed by atoms with E-state index >= 15 is 0 Å². The van der Waals surface area contributed by atoms with E-state index in [1.54, 1.807) is 0 Å². The number of ether oxygens (including phenoxy) is 2. The minimum Gasteiger partial charge on any atom is -0.460 e. The molecule has 0 aliphatic carbocycles. The smallest absolute Gasteiger partial charge is 0.355 e. The topological polar surface area (TPSA) is 80.8 Å². The normalized spacial score (nSPS) is 16.9. The molecule has 6 nitrogen and oxygen atoms in total. The molecule has 0 spiro atoms. The molecule has 1 aromatic carbocycles. The van der Waals surface area contributed by atoms with Gasteiger partial charge in [0, 0.05) is 24.3 Å². The van der Waals surface area contributed by atoms with Crippen LogP contribution in [0.1, 0.15) is 80.8 Å². The van der Waals surface area contributed by atoms with Gasteiger partial charge in [-0.3, -0.25) is 9.79 Å². The Balaban J connectivity index is 2.18. The third-order valence-electron chi connectivity index (χ3n) is 5.84. The molecule has 176 valence electrons. The van der Waals surface area contributed by atoms with Crippen LogP contribution in [0.25, 0.3) is 5.57 Å². The number of aromatic nitrogens is 1. The monoisotopic (exact) mass is 450 g/mol. The van der Waals surface area contributed by atoms with Crippen LogP contribution in [0.4, 0.5) is 0 Å². The highest BCUT2D eigenvalue weighted by atomic mass is 16.6. The summed E-state index contributed by atoms with van der Waals surface area (Å²) in [6.45, 7) is 15.3. The van der Waals surface area contributed by atoms with Gasteiger partial charge in [-0.25, -0.2) is 4.79 Å². The van der Waals surface area contributed by atoms with Gasteiger partial charge < -0.3 is 14.5 Å². The summed E-state index contributed by atoms with van der Waals surface area (Å²) >= 11 is 0. The minimum absolute atomic E-state index is 0.166. The average Bonchev–Trinajstić information content (AvgIpc) is 3.16. The van der Waals surface area contributed by atoms with Crippen LogP contribution in [0.2, 0.25) is 0 Å². The van der Waals surface area contributed by atoms with Gasteiger partial charge in [0.15, 0.2) is 0 Å². The zero-order valence-electron chi connectivity index (χ0n) is 20.9. The highest BCUT2D eigenvalue weighted by Gasteiger charge is 2.35. The summed E-state index contributed by atoms with van der Waals surface area (Å²) in [5.74, 6) is -0.704. The summed E-state index contributed by atoms with van der Waals surface area (Å²) in [7, 11) is 0. The fraction of sp³-hybridized carbons (Fsp3) is 0.444. The highest BCUT2D eigenvalue weighted by molar-refractivity contribution is 5.98. The van der Waals surface area contributed by atoms with E-state index in [2.05, 4.69) is 18.8 Å². The van der Waals surface area contributed by atoms with Crippen molar-refractivity contribution in [1.29, 1.82) is 0 Å². The Labute approximate surface area is 196 Å². The van der Waals surface area contributed by atoms with E-state index in [0.29, 0.717) is 12.1 Å². The molecular formula is C27H34N2O4. The number of aromatic amines is 1. The molecule has 0 radical (unpaired) electrons. The molecule has 0 atom stereocenters. The summed E-state index contributed by atoms with van der Waals surface area (Å²) in [6.07, 6.45) is 0.688. The number of allylic oxidation sites excluding steroid dienone is 1. The predicted octanol–water partition coefficient (Wildman–Crippen LogP) is 5.78. The van der Waals surface area contributed by atoms with E-state index in [9.17, 15) is 9.59 Å². The quantitative estimate of drug-likeness (QED) is 0.586. The number of carbonyl (C=O) groups is 2. The Bertz CT molecular complexity index is 1130. The van der Waals surface area contributed by atoms with Crippen molar-refractivity contribution in [2.24, 2.45) is 10.4 Å². The molecule has 1 aliphatic heterocycles. The number of rotatable bonds is 5. The van der Waals surface area contributed by atoms with Crippen LogP contribution in [0.3, 0.4) is 0 Å². The standard InChI is InChI=1S/C27H34N2O4/c1-16-17(2)24(25(31)33-26(4,5)6)29-23(16)22(19-12-10-9-11-13-19)20-14-27(7,8)21(28-20)15-32-18(3)30/h9-13,29H,14-15H2,1-8H3/b22-20-. The number of benzene rings is 1. The second-order valence-corrected chi connectivity index (χ2v) is 10.2. The van der Waals surface area contributed by atoms with Gasteiger partial charge in [-0.15, -0.1) is 0 Å². The summed E-state index contributed by atoms with van der Waals surface area (Å²) in [6, 6.07) is 10.0. The van der Waals surface area contributed by atoms with Crippen LogP contribution in [0.15, 0.2) is 41.0 Å². The van der Waals surface area contributed by atoms with Crippen molar-refractivity contribution >= 4 is 23.2 Å². The van der Waals surface area contributed by atoms with Gasteiger partial charge in [-0.05, 0) is 51.3 Å². The highest BCUT2D eigenvalue weighted by Crippen LogP contribution is 2.42. The first-order valence-corrected chi connectivity index (χ1v) is 11.2. The maximum atomic E-state index is 12.9. The van der Waals surface area contributed by atoms with Gasteiger partial charge >= 0.3 is 11.9 Å². The van der Waals surface area contributed by atoms with Gasteiger partial charge in [-0.1, -0.05) is 44.2 Å². The molecule has 0 unspecified atom stereocenters. The first-order chi connectivity index (χ1) is 15.3. The molecule has 6 heteroatoms. The molecule has 1 aliphatic rings. The molecule has 2 aromatic rings. The van der Waals surface area contributed by atoms with E-state index in [-0.39, 0.29) is 24.0 Å². The number of aliphatic imine (C=N–C) groups is 1. The third kappa shape index (κ3) is 5.44. The van der Waals surface area contributed by atoms with Crippen LogP contribution in [0.5, 0.6) is 0 Å². The van der Waals surface area contributed by atoms with Gasteiger partial charge in [0.1, 0.15) is 17.9 Å². The zero-order valence-corrected chi connectivity index (χ0v) is 20.9. The van der Waals surface area contributed by atoms with Crippen LogP contribution in [0, 0.1) is 19.3 Å². The molecule has 1 N–H and O–H groups in total. The molecule has 0 saturated carbocycles. The Kier molecular flexibility index (Phi) is 6.68. The number of hydrogen-bond donors (Lipinski definition) is 1. The Morgan fingerprint density at radius 3 is 2.24 bits per heavy atom. The van der Waals surface area contributed by atoms with E-state index in [0.717, 1.165) is 39.4 Å². The lowest BCUT2D eigenvalue weighted by Gasteiger charge is -2.20. The Morgan fingerprint density at radius 1 is 1.06 bits per heavy atom. The predicted molar refractivity (Wildman–Crippen MR) is 130 cm³/mol. The van der Waals surface area contributed by atoms with Crippen LogP contribution < -0.4 is 0 Å². The fourth-order valence-electron chi connectivity index (χ4n) is 3.95. The summed E-state index contributed by atoms with van der Waals surface area (Å²) < 4.78 is 10.9. The van der Waals surface area contributed by atoms with Crippen LogP contribution in [-0.4, -0.2) is 34.8 Å². The minimum atomic E-state index is -0.588. The van der Waals surface area contributed by atoms with E-state index in [1.165, 1.54) is 6.92 Å². The molecule has 1 aromatic heterocycles. The average molecular weight is 451 g/mol. The maximum Gasteiger partial charge on any atom is 0.355 e. The number of esters is 2. The lowest BCUT2D eigenvalue weighted by atomic mass is 9.84. The summed E-state index contributed by atoms with van der Waals surface area (Å²) in [4.78, 5) is 32.6. The van der Waals surface area contributed by atoms with Crippen molar-refractivity contribution in [1.82, 2.24) is 4.98 Å². The van der Waals surface area contributed by atoms with Crippen LogP contribution >= 0.6 is 0 Å². The lowest BCUT2D eigenvalue weighted by Crippen LogP contribution is -2.25. The van der Waals surface area contributed by atoms with Crippen molar-refractivity contribution in [3.8, 4) is 0 Å². The van der Waals surface area contributed by atoms with E-state index in [4.69, 9.17) is 14.5 Å². The molecule has 3 rings (SSSR count). The molecule has 0 amide bonds. The molecule has 0 saturated heterocycles. The number of nitrogens with one attached hydrogen (secondary N) is 1. The van der Waals surface area contributed by atoms with Crippen LogP contribution in [-0.2, 0) is 14.3 Å². The Hall–Kier alpha value is -3.15. The molecule has 2 heterocycles. The van der Waals surface area contributed by atoms with Crippen molar-refractivity contribution in [3.05, 3.63) is 64.1 Å².